The van der Waals surface area contributed by atoms with E-state index in [0.29, 0.717) is 10.7 Å². The molecule has 2 aromatic carbocycles. The Morgan fingerprint density at radius 1 is 0.929 bits per heavy atom. The zero-order valence-electron chi connectivity index (χ0n) is 15.5. The molecule has 146 valence electrons. The number of imide groups is 1. The van der Waals surface area contributed by atoms with Crippen LogP contribution in [-0.4, -0.2) is 44.0 Å². The van der Waals surface area contributed by atoms with Crippen LogP contribution in [0.15, 0.2) is 48.5 Å². The van der Waals surface area contributed by atoms with Gasteiger partial charge in [0.15, 0.2) is 6.04 Å². The molecular weight excluding hydrogens is 397 g/mol. The van der Waals surface area contributed by atoms with Crippen LogP contribution in [0.1, 0.15) is 12.0 Å². The Bertz CT molecular complexity index is 879. The standard InChI is InChI=1S/C21H21Cl2N3O2/c22-16-6-4-15(5-7-16)14-24-8-10-25(11-9-24)19-13-20(27)26(21(19)28)18-3-1-2-17(23)12-18/h1-7,12,19H,8-11,13-14H2/p+2/t19-/m0/s1. The van der Waals surface area contributed by atoms with Crippen LogP contribution >= 0.6 is 23.2 Å². The number of piperazine rings is 1. The molecular formula is C21H23Cl2N3O2+2. The highest BCUT2D eigenvalue weighted by Gasteiger charge is 2.46. The lowest BCUT2D eigenvalue weighted by molar-refractivity contribution is -1.02. The predicted octanol–water partition coefficient (Wildman–Crippen LogP) is 0.609. The average molecular weight is 420 g/mol. The van der Waals surface area contributed by atoms with Crippen LogP contribution in [0.25, 0.3) is 0 Å². The second kappa shape index (κ2) is 8.21. The molecule has 2 N–H and O–H groups in total. The smallest absolute Gasteiger partial charge is 0.292 e. The molecule has 2 amide bonds. The molecule has 0 bridgehead atoms. The van der Waals surface area contributed by atoms with Crippen LogP contribution < -0.4 is 14.7 Å². The number of carbonyl (C=O) groups is 2. The Morgan fingerprint density at radius 3 is 2.32 bits per heavy atom. The van der Waals surface area contributed by atoms with Crippen LogP contribution in [0.5, 0.6) is 0 Å². The lowest BCUT2D eigenvalue weighted by atomic mass is 10.1. The minimum atomic E-state index is -0.288. The quantitative estimate of drug-likeness (QED) is 0.713. The van der Waals surface area contributed by atoms with Gasteiger partial charge in [-0.15, -0.1) is 0 Å². The largest absolute Gasteiger partial charge is 0.322 e. The van der Waals surface area contributed by atoms with E-state index in [0.717, 1.165) is 37.7 Å². The molecule has 28 heavy (non-hydrogen) atoms. The van der Waals surface area contributed by atoms with Gasteiger partial charge in [0.1, 0.15) is 32.7 Å². The molecule has 5 nitrogen and oxygen atoms in total. The lowest BCUT2D eigenvalue weighted by Crippen LogP contribution is -3.29. The molecule has 2 aliphatic heterocycles. The van der Waals surface area contributed by atoms with Crippen LogP contribution in [0.4, 0.5) is 5.69 Å². The average Bonchev–Trinajstić information content (AvgIpc) is 2.98. The van der Waals surface area contributed by atoms with E-state index in [1.54, 1.807) is 24.3 Å². The van der Waals surface area contributed by atoms with Crippen LogP contribution in [0.3, 0.4) is 0 Å². The van der Waals surface area contributed by atoms with Crippen molar-refractivity contribution in [1.82, 2.24) is 0 Å². The molecule has 2 aromatic rings. The third-order valence-electron chi connectivity index (χ3n) is 5.67. The summed E-state index contributed by atoms with van der Waals surface area (Å²) in [6.07, 6.45) is 0.271. The van der Waals surface area contributed by atoms with Gasteiger partial charge in [-0.2, -0.15) is 0 Å². The van der Waals surface area contributed by atoms with E-state index in [-0.39, 0.29) is 24.3 Å². The van der Waals surface area contributed by atoms with E-state index in [9.17, 15) is 9.59 Å². The van der Waals surface area contributed by atoms with Crippen molar-refractivity contribution in [3.63, 3.8) is 0 Å². The first-order valence-electron chi connectivity index (χ1n) is 9.56. The molecule has 0 unspecified atom stereocenters. The fourth-order valence-electron chi connectivity index (χ4n) is 4.18. The van der Waals surface area contributed by atoms with Crippen LogP contribution in [0.2, 0.25) is 10.0 Å². The van der Waals surface area contributed by atoms with Gasteiger partial charge in [0.2, 0.25) is 5.91 Å². The fourth-order valence-corrected chi connectivity index (χ4v) is 4.49. The van der Waals surface area contributed by atoms with Crippen molar-refractivity contribution in [1.29, 1.82) is 0 Å². The normalized spacial score (nSPS) is 25.4. The molecule has 0 aliphatic carbocycles. The first kappa shape index (κ1) is 19.4. The minimum absolute atomic E-state index is 0.108. The highest BCUT2D eigenvalue weighted by molar-refractivity contribution is 6.31. The number of quaternary nitrogens is 2. The van der Waals surface area contributed by atoms with Crippen LogP contribution in [-0.2, 0) is 16.1 Å². The Morgan fingerprint density at radius 2 is 1.64 bits per heavy atom. The first-order chi connectivity index (χ1) is 13.5. The van der Waals surface area contributed by atoms with Gasteiger partial charge in [0, 0.05) is 15.6 Å². The molecule has 1 atom stereocenters. The van der Waals surface area contributed by atoms with Crippen molar-refractivity contribution in [3.8, 4) is 0 Å². The third-order valence-corrected chi connectivity index (χ3v) is 6.16. The molecule has 2 saturated heterocycles. The topological polar surface area (TPSA) is 46.3 Å². The van der Waals surface area contributed by atoms with Gasteiger partial charge in [-0.3, -0.25) is 9.59 Å². The summed E-state index contributed by atoms with van der Waals surface area (Å²) in [7, 11) is 0. The molecule has 2 heterocycles. The number of anilines is 1. The maximum atomic E-state index is 13.0. The summed E-state index contributed by atoms with van der Waals surface area (Å²) in [5.41, 5.74) is 1.83. The van der Waals surface area contributed by atoms with E-state index in [1.165, 1.54) is 20.3 Å². The molecule has 7 heteroatoms. The highest BCUT2D eigenvalue weighted by Crippen LogP contribution is 2.24. The van der Waals surface area contributed by atoms with E-state index >= 15 is 0 Å². The maximum absolute atomic E-state index is 13.0. The van der Waals surface area contributed by atoms with Gasteiger partial charge in [-0.1, -0.05) is 41.4 Å². The van der Waals surface area contributed by atoms with Crippen LogP contribution in [0, 0.1) is 0 Å². The van der Waals surface area contributed by atoms with Gasteiger partial charge in [-0.05, 0) is 30.3 Å². The summed E-state index contributed by atoms with van der Waals surface area (Å²) < 4.78 is 0. The van der Waals surface area contributed by atoms with Gasteiger partial charge in [0.05, 0.1) is 12.1 Å². The molecule has 0 spiro atoms. The summed E-state index contributed by atoms with van der Waals surface area (Å²) in [6, 6.07) is 14.6. The van der Waals surface area contributed by atoms with E-state index in [2.05, 4.69) is 12.1 Å². The number of benzene rings is 2. The monoisotopic (exact) mass is 419 g/mol. The number of nitrogens with one attached hydrogen (secondary N) is 2. The molecule has 0 radical (unpaired) electrons. The second-order valence-electron chi connectivity index (χ2n) is 7.52. The van der Waals surface area contributed by atoms with Gasteiger partial charge in [0.25, 0.3) is 5.91 Å². The second-order valence-corrected chi connectivity index (χ2v) is 8.39. The first-order valence-corrected chi connectivity index (χ1v) is 10.3. The summed E-state index contributed by atoms with van der Waals surface area (Å²) in [6.45, 7) is 4.68. The third kappa shape index (κ3) is 4.08. The van der Waals surface area contributed by atoms with E-state index in [1.807, 2.05) is 12.1 Å². The number of amides is 2. The molecule has 2 aliphatic rings. The molecule has 2 fully saturated rings. The number of rotatable bonds is 4. The molecule has 4 rings (SSSR count). The van der Waals surface area contributed by atoms with Crippen molar-refractivity contribution in [2.45, 2.75) is 19.0 Å². The van der Waals surface area contributed by atoms with Gasteiger partial charge >= 0.3 is 0 Å². The predicted molar refractivity (Wildman–Crippen MR) is 109 cm³/mol. The van der Waals surface area contributed by atoms with Crippen molar-refractivity contribution < 1.29 is 19.4 Å². The fraction of sp³-hybridized carbons (Fsp3) is 0.333. The van der Waals surface area contributed by atoms with E-state index in [4.69, 9.17) is 23.2 Å². The maximum Gasteiger partial charge on any atom is 0.292 e. The van der Waals surface area contributed by atoms with Crippen molar-refractivity contribution in [2.24, 2.45) is 0 Å². The number of hydrogen-bond donors (Lipinski definition) is 2. The summed E-state index contributed by atoms with van der Waals surface area (Å²) in [5.74, 6) is -0.246. The Balaban J connectivity index is 1.37. The zero-order valence-corrected chi connectivity index (χ0v) is 17.0. The molecule has 0 aromatic heterocycles. The number of nitrogens with zero attached hydrogens (tertiary/aromatic N) is 1. The highest BCUT2D eigenvalue weighted by atomic mass is 35.5. The van der Waals surface area contributed by atoms with Crippen molar-refractivity contribution in [2.75, 3.05) is 31.1 Å². The molecule has 0 saturated carbocycles. The lowest BCUT2D eigenvalue weighted by Gasteiger charge is -2.32. The number of halogens is 2. The van der Waals surface area contributed by atoms with Crippen molar-refractivity contribution in [3.05, 3.63) is 64.1 Å². The minimum Gasteiger partial charge on any atom is -0.322 e. The summed E-state index contributed by atoms with van der Waals surface area (Å²) >= 11 is 12.0. The Kier molecular flexibility index (Phi) is 5.69. The van der Waals surface area contributed by atoms with E-state index < -0.39 is 0 Å². The van der Waals surface area contributed by atoms with Crippen molar-refractivity contribution >= 4 is 40.7 Å². The Hall–Kier alpha value is -1.92. The SMILES string of the molecule is O=C1C[C@H]([NH+]2CC[NH+](Cc3ccc(Cl)cc3)CC2)C(=O)N1c1cccc(Cl)c1. The summed E-state index contributed by atoms with van der Waals surface area (Å²) in [4.78, 5) is 29.5. The number of hydrogen-bond acceptors (Lipinski definition) is 2. The Labute approximate surface area is 174 Å². The van der Waals surface area contributed by atoms with Gasteiger partial charge in [-0.25, -0.2) is 4.90 Å². The number of carbonyl (C=O) groups excluding carboxylic acids is 2. The summed E-state index contributed by atoms with van der Waals surface area (Å²) in [5, 5.41) is 1.27. The van der Waals surface area contributed by atoms with Gasteiger partial charge < -0.3 is 9.80 Å². The zero-order chi connectivity index (χ0) is 19.7.